The minimum atomic E-state index is -0.762. The second-order valence-corrected chi connectivity index (χ2v) is 5.83. The van der Waals surface area contributed by atoms with Gasteiger partial charge in [0, 0.05) is 17.0 Å². The summed E-state index contributed by atoms with van der Waals surface area (Å²) in [6, 6.07) is 0. The molecule has 15 heavy (non-hydrogen) atoms. The first-order chi connectivity index (χ1) is 6.83. The number of aromatic nitrogens is 1. The van der Waals surface area contributed by atoms with E-state index in [9.17, 15) is 4.79 Å². The van der Waals surface area contributed by atoms with E-state index in [1.165, 1.54) is 0 Å². The van der Waals surface area contributed by atoms with Gasteiger partial charge in [-0.25, -0.2) is 4.98 Å². The normalized spacial score (nSPS) is 12.1. The van der Waals surface area contributed by atoms with Crippen LogP contribution < -0.4 is 0 Å². The second kappa shape index (κ2) is 4.31. The van der Waals surface area contributed by atoms with Crippen LogP contribution in [0, 0.1) is 5.41 Å². The van der Waals surface area contributed by atoms with Crippen molar-refractivity contribution in [2.24, 2.45) is 5.41 Å². The molecule has 0 saturated carbocycles. The summed E-state index contributed by atoms with van der Waals surface area (Å²) in [6.45, 7) is 7.66. The maximum Gasteiger partial charge on any atom is 0.309 e. The summed E-state index contributed by atoms with van der Waals surface area (Å²) < 4.78 is 0. The Balaban J connectivity index is 2.77. The number of nitrogens with zero attached hydrogens (tertiary/aromatic N) is 1. The predicted octanol–water partition coefficient (Wildman–Crippen LogP) is 2.92. The highest BCUT2D eigenvalue weighted by Crippen LogP contribution is 2.28. The maximum atomic E-state index is 11.0. The molecular formula is C11H17NO2S. The number of carboxylic acids is 1. The molecule has 0 aliphatic rings. The van der Waals surface area contributed by atoms with Crippen molar-refractivity contribution in [1.82, 2.24) is 4.98 Å². The van der Waals surface area contributed by atoms with Crippen LogP contribution in [-0.4, -0.2) is 16.1 Å². The Morgan fingerprint density at radius 3 is 2.60 bits per heavy atom. The van der Waals surface area contributed by atoms with Gasteiger partial charge in [0.05, 0.1) is 10.4 Å². The molecule has 1 heterocycles. The lowest BCUT2D eigenvalue weighted by Crippen LogP contribution is -2.25. The van der Waals surface area contributed by atoms with Crippen molar-refractivity contribution in [2.45, 2.75) is 40.0 Å². The number of aliphatic carboxylic acids is 1. The third-order valence-corrected chi connectivity index (χ3v) is 3.56. The molecule has 0 atom stereocenters. The molecule has 0 amide bonds. The summed E-state index contributed by atoms with van der Waals surface area (Å²) in [5, 5.41) is 10.1. The number of hydrogen-bond acceptors (Lipinski definition) is 3. The summed E-state index contributed by atoms with van der Waals surface area (Å²) in [4.78, 5) is 16.3. The molecule has 0 saturated heterocycles. The van der Waals surface area contributed by atoms with Crippen molar-refractivity contribution >= 4 is 17.3 Å². The molecule has 1 aromatic rings. The fraction of sp³-hybridized carbons (Fsp3) is 0.636. The fourth-order valence-electron chi connectivity index (χ4n) is 1.18. The Labute approximate surface area is 94.2 Å². The Morgan fingerprint density at radius 2 is 2.20 bits per heavy atom. The first kappa shape index (κ1) is 12.2. The Kier molecular flexibility index (Phi) is 3.50. The van der Waals surface area contributed by atoms with E-state index in [1.54, 1.807) is 31.4 Å². The highest BCUT2D eigenvalue weighted by molar-refractivity contribution is 7.11. The summed E-state index contributed by atoms with van der Waals surface area (Å²) in [7, 11) is 0. The van der Waals surface area contributed by atoms with E-state index in [0.717, 1.165) is 9.88 Å². The molecule has 0 aliphatic carbocycles. The van der Waals surface area contributed by atoms with Crippen molar-refractivity contribution in [3.63, 3.8) is 0 Å². The Hall–Kier alpha value is -0.900. The molecule has 0 bridgehead atoms. The molecule has 1 rings (SSSR count). The van der Waals surface area contributed by atoms with Gasteiger partial charge in [-0.2, -0.15) is 0 Å². The monoisotopic (exact) mass is 227 g/mol. The van der Waals surface area contributed by atoms with Crippen LogP contribution in [0.25, 0.3) is 0 Å². The summed E-state index contributed by atoms with van der Waals surface area (Å²) in [5.41, 5.74) is -0.708. The standard InChI is InChI=1S/C11H17NO2S/c1-7(2)9-12-6-8(15-9)5-11(3,4)10(13)14/h6-7H,5H2,1-4H3,(H,13,14). The van der Waals surface area contributed by atoms with Gasteiger partial charge in [-0.15, -0.1) is 11.3 Å². The zero-order valence-electron chi connectivity index (χ0n) is 9.57. The lowest BCUT2D eigenvalue weighted by atomic mass is 9.89. The van der Waals surface area contributed by atoms with Gasteiger partial charge in [-0.1, -0.05) is 13.8 Å². The number of carboxylic acid groups (broad SMARTS) is 1. The van der Waals surface area contributed by atoms with E-state index in [-0.39, 0.29) is 0 Å². The second-order valence-electron chi connectivity index (χ2n) is 4.69. The highest BCUT2D eigenvalue weighted by atomic mass is 32.1. The number of carbonyl (C=O) groups is 1. The first-order valence-corrected chi connectivity index (χ1v) is 5.82. The van der Waals surface area contributed by atoms with Crippen molar-refractivity contribution in [3.05, 3.63) is 16.1 Å². The van der Waals surface area contributed by atoms with Gasteiger partial charge in [0.15, 0.2) is 0 Å². The van der Waals surface area contributed by atoms with Crippen molar-refractivity contribution < 1.29 is 9.90 Å². The molecule has 0 spiro atoms. The van der Waals surface area contributed by atoms with Gasteiger partial charge < -0.3 is 5.11 Å². The van der Waals surface area contributed by atoms with Crippen LogP contribution >= 0.6 is 11.3 Å². The van der Waals surface area contributed by atoms with Crippen molar-refractivity contribution in [3.8, 4) is 0 Å². The lowest BCUT2D eigenvalue weighted by molar-refractivity contribution is -0.146. The van der Waals surface area contributed by atoms with Gasteiger partial charge in [0.25, 0.3) is 0 Å². The summed E-state index contributed by atoms with van der Waals surface area (Å²) in [6.07, 6.45) is 2.34. The predicted molar refractivity (Wildman–Crippen MR) is 61.3 cm³/mol. The third-order valence-electron chi connectivity index (χ3n) is 2.26. The minimum absolute atomic E-state index is 0.414. The van der Waals surface area contributed by atoms with Crippen LogP contribution in [0.3, 0.4) is 0 Å². The van der Waals surface area contributed by atoms with E-state index in [0.29, 0.717) is 12.3 Å². The van der Waals surface area contributed by atoms with E-state index in [1.807, 2.05) is 0 Å². The van der Waals surface area contributed by atoms with Crippen LogP contribution in [0.1, 0.15) is 43.5 Å². The van der Waals surface area contributed by atoms with Gasteiger partial charge >= 0.3 is 5.97 Å². The Bertz CT molecular complexity index is 355. The van der Waals surface area contributed by atoms with Crippen LogP contribution in [0.4, 0.5) is 0 Å². The molecular weight excluding hydrogens is 210 g/mol. The molecule has 0 unspecified atom stereocenters. The van der Waals surface area contributed by atoms with Crippen LogP contribution in [0.15, 0.2) is 6.20 Å². The maximum absolute atomic E-state index is 11.0. The van der Waals surface area contributed by atoms with Gasteiger partial charge in [0.2, 0.25) is 0 Å². The molecule has 4 heteroatoms. The molecule has 0 radical (unpaired) electrons. The van der Waals surface area contributed by atoms with E-state index >= 15 is 0 Å². The number of hydrogen-bond donors (Lipinski definition) is 1. The highest BCUT2D eigenvalue weighted by Gasteiger charge is 2.28. The van der Waals surface area contributed by atoms with Crippen LogP contribution in [0.2, 0.25) is 0 Å². The third kappa shape index (κ3) is 3.02. The van der Waals surface area contributed by atoms with Crippen LogP contribution in [0.5, 0.6) is 0 Å². The smallest absolute Gasteiger partial charge is 0.309 e. The van der Waals surface area contributed by atoms with Crippen LogP contribution in [-0.2, 0) is 11.2 Å². The van der Waals surface area contributed by atoms with E-state index < -0.39 is 11.4 Å². The van der Waals surface area contributed by atoms with Crippen molar-refractivity contribution in [2.75, 3.05) is 0 Å². The summed E-state index contributed by atoms with van der Waals surface area (Å²) in [5.74, 6) is -0.348. The number of thiazole rings is 1. The molecule has 84 valence electrons. The fourth-order valence-corrected chi connectivity index (χ4v) is 2.33. The lowest BCUT2D eigenvalue weighted by Gasteiger charge is -2.17. The number of rotatable bonds is 4. The van der Waals surface area contributed by atoms with Gasteiger partial charge in [0.1, 0.15) is 0 Å². The first-order valence-electron chi connectivity index (χ1n) is 5.01. The molecule has 3 nitrogen and oxygen atoms in total. The largest absolute Gasteiger partial charge is 0.481 e. The molecule has 1 aromatic heterocycles. The molecule has 1 N–H and O–H groups in total. The molecule has 0 aliphatic heterocycles. The SMILES string of the molecule is CC(C)c1ncc(CC(C)(C)C(=O)O)s1. The van der Waals surface area contributed by atoms with E-state index in [2.05, 4.69) is 18.8 Å². The quantitative estimate of drug-likeness (QED) is 0.860. The summed E-state index contributed by atoms with van der Waals surface area (Å²) >= 11 is 1.61. The zero-order valence-corrected chi connectivity index (χ0v) is 10.4. The van der Waals surface area contributed by atoms with Gasteiger partial charge in [-0.05, 0) is 20.3 Å². The molecule has 0 fully saturated rings. The minimum Gasteiger partial charge on any atom is -0.481 e. The average Bonchev–Trinajstić information content (AvgIpc) is 2.51. The molecule has 0 aromatic carbocycles. The van der Waals surface area contributed by atoms with E-state index in [4.69, 9.17) is 5.11 Å². The Morgan fingerprint density at radius 1 is 1.60 bits per heavy atom. The van der Waals surface area contributed by atoms with Crippen molar-refractivity contribution in [1.29, 1.82) is 0 Å². The average molecular weight is 227 g/mol. The topological polar surface area (TPSA) is 50.2 Å². The zero-order chi connectivity index (χ0) is 11.6. The van der Waals surface area contributed by atoms with Gasteiger partial charge in [-0.3, -0.25) is 4.79 Å².